The number of Topliss-reactive ketones (excluding diaryl/α,β-unsaturated/α-hetero) is 2. The largest absolute Gasteiger partial charge is 0.456 e. The summed E-state index contributed by atoms with van der Waals surface area (Å²) in [5.74, 6) is -1.77. The van der Waals surface area contributed by atoms with E-state index < -0.39 is 66.4 Å². The molecule has 2 aliphatic heterocycles. The number of ether oxygens (including phenoxy) is 4. The van der Waals surface area contributed by atoms with Crippen molar-refractivity contribution in [3.8, 4) is 11.1 Å². The summed E-state index contributed by atoms with van der Waals surface area (Å²) in [6.45, 7) is 11.5. The highest BCUT2D eigenvalue weighted by Gasteiger charge is 2.57. The molecule has 3 fully saturated rings. The lowest BCUT2D eigenvalue weighted by molar-refractivity contribution is -0.148. The molecule has 1 saturated carbocycles. The first-order valence-corrected chi connectivity index (χ1v) is 17.0. The van der Waals surface area contributed by atoms with Crippen molar-refractivity contribution >= 4 is 35.7 Å². The first-order valence-electron chi connectivity index (χ1n) is 17.0. The number of nitrogens with zero attached hydrogens (tertiary/aromatic N) is 2. The maximum absolute atomic E-state index is 13.0. The minimum absolute atomic E-state index is 0.00361. The Morgan fingerprint density at radius 2 is 1.20 bits per heavy atom. The van der Waals surface area contributed by atoms with Crippen LogP contribution in [0.5, 0.6) is 0 Å². The normalized spacial score (nSPS) is 22.7. The van der Waals surface area contributed by atoms with E-state index in [1.54, 1.807) is 90.1 Å². The number of benzene rings is 2. The predicted molar refractivity (Wildman–Crippen MR) is 181 cm³/mol. The molecule has 0 bridgehead atoms. The zero-order chi connectivity index (χ0) is 36.5. The van der Waals surface area contributed by atoms with E-state index in [0.29, 0.717) is 24.8 Å². The molecule has 1 aliphatic carbocycles. The summed E-state index contributed by atoms with van der Waals surface area (Å²) in [6.07, 6.45) is 1.32. The second-order valence-corrected chi connectivity index (χ2v) is 15.3. The predicted octanol–water partition coefficient (Wildman–Crippen LogP) is 5.99. The van der Waals surface area contributed by atoms with Crippen LogP contribution in [0.3, 0.4) is 0 Å². The number of rotatable bonds is 9. The van der Waals surface area contributed by atoms with Crippen molar-refractivity contribution in [3.05, 3.63) is 59.7 Å². The van der Waals surface area contributed by atoms with Crippen molar-refractivity contribution in [2.75, 3.05) is 13.2 Å². The van der Waals surface area contributed by atoms with Crippen molar-refractivity contribution in [1.82, 2.24) is 9.80 Å². The Morgan fingerprint density at radius 1 is 0.660 bits per heavy atom. The van der Waals surface area contributed by atoms with Gasteiger partial charge in [0.05, 0.1) is 11.6 Å². The van der Waals surface area contributed by atoms with Gasteiger partial charge in [-0.15, -0.1) is 0 Å². The molecule has 2 heterocycles. The quantitative estimate of drug-likeness (QED) is 0.175. The number of amides is 2. The monoisotopic (exact) mass is 690 g/mol. The molecule has 5 atom stereocenters. The van der Waals surface area contributed by atoms with Gasteiger partial charge in [-0.25, -0.2) is 19.2 Å². The molecule has 2 unspecified atom stereocenters. The highest BCUT2D eigenvalue weighted by Crippen LogP contribution is 2.48. The number of carbonyl (C=O) groups excluding carboxylic acids is 6. The van der Waals surface area contributed by atoms with Crippen molar-refractivity contribution in [2.45, 2.75) is 110 Å². The smallest absolute Gasteiger partial charge is 0.411 e. The maximum atomic E-state index is 13.0. The topological polar surface area (TPSA) is 146 Å². The van der Waals surface area contributed by atoms with E-state index >= 15 is 0 Å². The standard InChI is InChI=1S/C38H46N2O10/c1-22-8-17-28(39(22)35(45)49-37(2,3)4)34(44)48-20-31(41)25-13-9-23(10-14-25)24-11-15-26(16-12-24)33(43)47-21-32(42)30-19-27-18-29(27)40(30)36(46)50-38(5,6)7/h9-16,22,27-30H,8,17-21H2,1-7H3/t22?,27-,28-,29?,30-/m0/s1. The van der Waals surface area contributed by atoms with Gasteiger partial charge < -0.3 is 18.9 Å². The molecule has 2 amide bonds. The fourth-order valence-corrected chi connectivity index (χ4v) is 6.44. The second-order valence-electron chi connectivity index (χ2n) is 15.3. The molecule has 0 radical (unpaired) electrons. The van der Waals surface area contributed by atoms with Crippen LogP contribution in [0.2, 0.25) is 0 Å². The van der Waals surface area contributed by atoms with Crippen LogP contribution in [-0.2, 0) is 28.5 Å². The highest BCUT2D eigenvalue weighted by atomic mass is 16.6. The van der Waals surface area contributed by atoms with Crippen molar-refractivity contribution in [2.24, 2.45) is 5.92 Å². The van der Waals surface area contributed by atoms with Gasteiger partial charge in [-0.1, -0.05) is 36.4 Å². The second kappa shape index (κ2) is 14.2. The van der Waals surface area contributed by atoms with Crippen LogP contribution in [-0.4, -0.2) is 94.1 Å². The van der Waals surface area contributed by atoms with Gasteiger partial charge in [0.25, 0.3) is 0 Å². The summed E-state index contributed by atoms with van der Waals surface area (Å²) in [7, 11) is 0. The Labute approximate surface area is 292 Å². The third-order valence-corrected chi connectivity index (χ3v) is 8.98. The molecule has 0 N–H and O–H groups in total. The number of fused-ring (bicyclic) bond motifs is 1. The van der Waals surface area contributed by atoms with Gasteiger partial charge in [0.15, 0.2) is 24.8 Å². The lowest BCUT2D eigenvalue weighted by atomic mass is 10.0. The number of piperidine rings is 1. The van der Waals surface area contributed by atoms with E-state index in [-0.39, 0.29) is 29.3 Å². The summed E-state index contributed by atoms with van der Waals surface area (Å²) in [4.78, 5) is 79.7. The SMILES string of the molecule is CC1CC[C@@H](C(=O)OCC(=O)c2ccc(-c3ccc(C(=O)OCC(=O)[C@@H]4C[C@@H]5CC5N4C(=O)OC(C)(C)C)cc3)cc2)N1C(=O)OC(C)(C)C. The van der Waals surface area contributed by atoms with Gasteiger partial charge in [0.2, 0.25) is 0 Å². The van der Waals surface area contributed by atoms with Crippen molar-refractivity contribution < 1.29 is 47.7 Å². The van der Waals surface area contributed by atoms with Crippen molar-refractivity contribution in [3.63, 3.8) is 0 Å². The molecule has 2 aromatic rings. The molecule has 12 heteroatoms. The lowest BCUT2D eigenvalue weighted by Crippen LogP contribution is -2.47. The van der Waals surface area contributed by atoms with E-state index in [2.05, 4.69) is 0 Å². The van der Waals surface area contributed by atoms with E-state index in [4.69, 9.17) is 18.9 Å². The molecule has 2 saturated heterocycles. The summed E-state index contributed by atoms with van der Waals surface area (Å²) in [6, 6.07) is 11.7. The van der Waals surface area contributed by atoms with E-state index in [1.807, 2.05) is 6.92 Å². The summed E-state index contributed by atoms with van der Waals surface area (Å²) in [5.41, 5.74) is 0.768. The van der Waals surface area contributed by atoms with Crippen molar-refractivity contribution in [1.29, 1.82) is 0 Å². The Kier molecular flexibility index (Phi) is 10.4. The lowest BCUT2D eigenvalue weighted by Gasteiger charge is -2.30. The average molecular weight is 691 g/mol. The minimum Gasteiger partial charge on any atom is -0.456 e. The summed E-state index contributed by atoms with van der Waals surface area (Å²) in [5, 5.41) is 0. The van der Waals surface area contributed by atoms with Crippen LogP contribution in [0.4, 0.5) is 9.59 Å². The third kappa shape index (κ3) is 8.70. The van der Waals surface area contributed by atoms with E-state index in [9.17, 15) is 28.8 Å². The number of esters is 2. The first-order chi connectivity index (χ1) is 23.4. The van der Waals surface area contributed by atoms with Gasteiger partial charge in [-0.05, 0) is 103 Å². The molecule has 0 spiro atoms. The molecule has 12 nitrogen and oxygen atoms in total. The van der Waals surface area contributed by atoms with Crippen LogP contribution >= 0.6 is 0 Å². The molecule has 3 aliphatic rings. The molecule has 50 heavy (non-hydrogen) atoms. The first kappa shape index (κ1) is 36.5. The fourth-order valence-electron chi connectivity index (χ4n) is 6.44. The van der Waals surface area contributed by atoms with Gasteiger partial charge in [0, 0.05) is 17.6 Å². The van der Waals surface area contributed by atoms with Gasteiger partial charge in [-0.2, -0.15) is 0 Å². The van der Waals surface area contributed by atoms with Crippen LogP contribution in [0.15, 0.2) is 48.5 Å². The Hall–Kier alpha value is -4.74. The molecular formula is C38H46N2O10. The number of likely N-dealkylation sites (tertiary alicyclic amines) is 2. The fraction of sp³-hybridized carbons (Fsp3) is 0.526. The number of hydrogen-bond acceptors (Lipinski definition) is 10. The molecule has 5 rings (SSSR count). The zero-order valence-corrected chi connectivity index (χ0v) is 29.7. The maximum Gasteiger partial charge on any atom is 0.411 e. The van der Waals surface area contributed by atoms with Gasteiger partial charge in [-0.3, -0.25) is 19.4 Å². The van der Waals surface area contributed by atoms with Gasteiger partial charge in [0.1, 0.15) is 17.2 Å². The summed E-state index contributed by atoms with van der Waals surface area (Å²) >= 11 is 0. The van der Waals surface area contributed by atoms with Crippen LogP contribution in [0, 0.1) is 5.92 Å². The molecule has 2 aromatic carbocycles. The van der Waals surface area contributed by atoms with Gasteiger partial charge >= 0.3 is 24.1 Å². The van der Waals surface area contributed by atoms with E-state index in [1.165, 1.54) is 9.80 Å². The Morgan fingerprint density at radius 3 is 1.76 bits per heavy atom. The highest BCUT2D eigenvalue weighted by molar-refractivity contribution is 5.99. The number of hydrogen-bond donors (Lipinski definition) is 0. The van der Waals surface area contributed by atoms with Crippen LogP contribution in [0.1, 0.15) is 94.9 Å². The van der Waals surface area contributed by atoms with Crippen LogP contribution < -0.4 is 0 Å². The number of carbonyl (C=O) groups is 6. The number of ketones is 2. The zero-order valence-electron chi connectivity index (χ0n) is 29.7. The summed E-state index contributed by atoms with van der Waals surface area (Å²) < 4.78 is 21.6. The molecular weight excluding hydrogens is 644 g/mol. The van der Waals surface area contributed by atoms with Crippen LogP contribution in [0.25, 0.3) is 11.1 Å². The third-order valence-electron chi connectivity index (χ3n) is 8.98. The molecule has 268 valence electrons. The van der Waals surface area contributed by atoms with E-state index in [0.717, 1.165) is 17.5 Å². The minimum atomic E-state index is -0.817. The Balaban J connectivity index is 1.10. The molecule has 0 aromatic heterocycles. The average Bonchev–Trinajstić information content (AvgIpc) is 3.51. The Bertz CT molecular complexity index is 1530.